The van der Waals surface area contributed by atoms with Gasteiger partial charge >= 0.3 is 0 Å². The molecule has 1 aromatic rings. The van der Waals surface area contributed by atoms with Crippen LogP contribution in [0.2, 0.25) is 0 Å². The van der Waals surface area contributed by atoms with Crippen molar-refractivity contribution in [3.05, 3.63) is 35.9 Å². The molecule has 0 saturated carbocycles. The number of carbonyl (C=O) groups excluding carboxylic acids is 1. The first kappa shape index (κ1) is 12.3. The van der Waals surface area contributed by atoms with Crippen LogP contribution in [0.15, 0.2) is 30.3 Å². The van der Waals surface area contributed by atoms with Crippen LogP contribution in [0.25, 0.3) is 6.08 Å². The van der Waals surface area contributed by atoms with Gasteiger partial charge in [0.05, 0.1) is 6.61 Å². The number of rotatable bonds is 6. The van der Waals surface area contributed by atoms with Gasteiger partial charge in [0.2, 0.25) is 5.91 Å². The van der Waals surface area contributed by atoms with Crippen molar-refractivity contribution in [3.63, 3.8) is 0 Å². The molecule has 0 fully saturated rings. The number of benzene rings is 1. The van der Waals surface area contributed by atoms with Gasteiger partial charge in [0.1, 0.15) is 5.75 Å². The summed E-state index contributed by atoms with van der Waals surface area (Å²) in [5.74, 6) is 0.410. The van der Waals surface area contributed by atoms with Crippen molar-refractivity contribution in [2.45, 2.75) is 19.8 Å². The van der Waals surface area contributed by atoms with E-state index in [1.54, 1.807) is 6.08 Å². The first-order valence-corrected chi connectivity index (χ1v) is 5.42. The van der Waals surface area contributed by atoms with E-state index < -0.39 is 5.91 Å². The number of hydrogen-bond acceptors (Lipinski definition) is 2. The van der Waals surface area contributed by atoms with E-state index in [0.29, 0.717) is 0 Å². The Kier molecular flexibility index (Phi) is 5.12. The zero-order valence-electron chi connectivity index (χ0n) is 9.48. The number of hydrogen-bond donors (Lipinski definition) is 1. The Bertz CT molecular complexity index is 355. The molecule has 3 heteroatoms. The molecule has 2 N–H and O–H groups in total. The number of ether oxygens (including phenoxy) is 1. The van der Waals surface area contributed by atoms with E-state index in [-0.39, 0.29) is 0 Å². The molecular formula is C13H17NO2. The molecule has 0 aromatic heterocycles. The number of unbranched alkanes of at least 4 members (excludes halogenated alkanes) is 1. The molecule has 1 aromatic carbocycles. The van der Waals surface area contributed by atoms with Gasteiger partial charge in [-0.2, -0.15) is 0 Å². The Hall–Kier alpha value is -1.77. The standard InChI is InChI=1S/C13H17NO2/c1-2-3-10-16-12-7-4-11(5-8-12)6-9-13(14)15/h4-9H,2-3,10H2,1H3,(H2,14,15)/b9-6+. The fourth-order valence-corrected chi connectivity index (χ4v) is 1.19. The second kappa shape index (κ2) is 6.67. The summed E-state index contributed by atoms with van der Waals surface area (Å²) in [5.41, 5.74) is 5.93. The minimum Gasteiger partial charge on any atom is -0.494 e. The topological polar surface area (TPSA) is 52.3 Å². The second-order valence-corrected chi connectivity index (χ2v) is 3.51. The first-order valence-electron chi connectivity index (χ1n) is 5.42. The highest BCUT2D eigenvalue weighted by Gasteiger charge is 1.93. The normalized spacial score (nSPS) is 10.6. The molecule has 0 atom stereocenters. The lowest BCUT2D eigenvalue weighted by Crippen LogP contribution is -2.05. The quantitative estimate of drug-likeness (QED) is 0.590. The number of nitrogens with two attached hydrogens (primary N) is 1. The van der Waals surface area contributed by atoms with Gasteiger partial charge in [0.15, 0.2) is 0 Å². The van der Waals surface area contributed by atoms with Crippen molar-refractivity contribution >= 4 is 12.0 Å². The lowest BCUT2D eigenvalue weighted by molar-refractivity contribution is -0.113. The molecule has 0 bridgehead atoms. The van der Waals surface area contributed by atoms with Crippen LogP contribution >= 0.6 is 0 Å². The third kappa shape index (κ3) is 4.64. The SMILES string of the molecule is CCCCOc1ccc(/C=C/C(N)=O)cc1. The Morgan fingerprint density at radius 3 is 2.62 bits per heavy atom. The smallest absolute Gasteiger partial charge is 0.241 e. The van der Waals surface area contributed by atoms with E-state index in [1.165, 1.54) is 6.08 Å². The van der Waals surface area contributed by atoms with Gasteiger partial charge < -0.3 is 10.5 Å². The van der Waals surface area contributed by atoms with E-state index in [1.807, 2.05) is 24.3 Å². The van der Waals surface area contributed by atoms with Gasteiger partial charge in [0.25, 0.3) is 0 Å². The molecule has 0 aliphatic rings. The monoisotopic (exact) mass is 219 g/mol. The van der Waals surface area contributed by atoms with E-state index in [4.69, 9.17) is 10.5 Å². The van der Waals surface area contributed by atoms with Gasteiger partial charge in [0, 0.05) is 6.08 Å². The van der Waals surface area contributed by atoms with Crippen LogP contribution in [0.5, 0.6) is 5.75 Å². The van der Waals surface area contributed by atoms with Gasteiger partial charge in [-0.15, -0.1) is 0 Å². The molecule has 3 nitrogen and oxygen atoms in total. The van der Waals surface area contributed by atoms with Gasteiger partial charge in [-0.25, -0.2) is 0 Å². The summed E-state index contributed by atoms with van der Waals surface area (Å²) < 4.78 is 5.51. The summed E-state index contributed by atoms with van der Waals surface area (Å²) in [6.45, 7) is 2.87. The maximum Gasteiger partial charge on any atom is 0.241 e. The predicted octanol–water partition coefficient (Wildman–Crippen LogP) is 2.36. The number of carbonyl (C=O) groups is 1. The predicted molar refractivity (Wildman–Crippen MR) is 65.1 cm³/mol. The molecule has 0 saturated heterocycles. The van der Waals surface area contributed by atoms with Crippen molar-refractivity contribution in [1.82, 2.24) is 0 Å². The lowest BCUT2D eigenvalue weighted by Gasteiger charge is -2.04. The summed E-state index contributed by atoms with van der Waals surface area (Å²) in [7, 11) is 0. The van der Waals surface area contributed by atoms with E-state index in [9.17, 15) is 4.79 Å². The maximum absolute atomic E-state index is 10.5. The maximum atomic E-state index is 10.5. The third-order valence-electron chi connectivity index (χ3n) is 2.09. The van der Waals surface area contributed by atoms with Gasteiger partial charge in [-0.05, 0) is 30.2 Å². The van der Waals surface area contributed by atoms with Crippen LogP contribution in [0.3, 0.4) is 0 Å². The lowest BCUT2D eigenvalue weighted by atomic mass is 10.2. The number of amides is 1. The summed E-state index contributed by atoms with van der Waals surface area (Å²) in [6.07, 6.45) is 5.20. The summed E-state index contributed by atoms with van der Waals surface area (Å²) >= 11 is 0. The van der Waals surface area contributed by atoms with Crippen molar-refractivity contribution in [3.8, 4) is 5.75 Å². The third-order valence-corrected chi connectivity index (χ3v) is 2.09. The van der Waals surface area contributed by atoms with Crippen LogP contribution in [-0.4, -0.2) is 12.5 Å². The van der Waals surface area contributed by atoms with Crippen LogP contribution < -0.4 is 10.5 Å². The Morgan fingerprint density at radius 2 is 2.06 bits per heavy atom. The summed E-state index contributed by atoms with van der Waals surface area (Å²) in [5, 5.41) is 0. The summed E-state index contributed by atoms with van der Waals surface area (Å²) in [4.78, 5) is 10.5. The highest BCUT2D eigenvalue weighted by Crippen LogP contribution is 2.13. The van der Waals surface area contributed by atoms with Crippen molar-refractivity contribution in [2.75, 3.05) is 6.61 Å². The molecule has 1 rings (SSSR count). The molecule has 0 aliphatic heterocycles. The molecule has 0 heterocycles. The average Bonchev–Trinajstić information content (AvgIpc) is 2.28. The van der Waals surface area contributed by atoms with Crippen molar-refractivity contribution in [1.29, 1.82) is 0 Å². The summed E-state index contributed by atoms with van der Waals surface area (Å²) in [6, 6.07) is 7.55. The first-order chi connectivity index (χ1) is 7.72. The molecular weight excluding hydrogens is 202 g/mol. The Labute approximate surface area is 95.9 Å². The van der Waals surface area contributed by atoms with Crippen LogP contribution in [-0.2, 0) is 4.79 Å². The average molecular weight is 219 g/mol. The number of primary amides is 1. The highest BCUT2D eigenvalue weighted by atomic mass is 16.5. The molecule has 1 amide bonds. The zero-order chi connectivity index (χ0) is 11.8. The van der Waals surface area contributed by atoms with E-state index in [2.05, 4.69) is 6.92 Å². The molecule has 16 heavy (non-hydrogen) atoms. The Balaban J connectivity index is 2.51. The molecule has 0 spiro atoms. The largest absolute Gasteiger partial charge is 0.494 e. The second-order valence-electron chi connectivity index (χ2n) is 3.51. The van der Waals surface area contributed by atoms with Crippen LogP contribution in [0.4, 0.5) is 0 Å². The van der Waals surface area contributed by atoms with Crippen LogP contribution in [0.1, 0.15) is 25.3 Å². The minimum atomic E-state index is -0.441. The van der Waals surface area contributed by atoms with E-state index in [0.717, 1.165) is 30.8 Å². The zero-order valence-corrected chi connectivity index (χ0v) is 9.48. The fraction of sp³-hybridized carbons (Fsp3) is 0.308. The molecule has 0 unspecified atom stereocenters. The van der Waals surface area contributed by atoms with Crippen molar-refractivity contribution < 1.29 is 9.53 Å². The Morgan fingerprint density at radius 1 is 1.38 bits per heavy atom. The highest BCUT2D eigenvalue weighted by molar-refractivity contribution is 5.90. The van der Waals surface area contributed by atoms with Crippen molar-refractivity contribution in [2.24, 2.45) is 5.73 Å². The minimum absolute atomic E-state index is 0.441. The molecule has 0 aliphatic carbocycles. The molecule has 86 valence electrons. The molecule has 0 radical (unpaired) electrons. The van der Waals surface area contributed by atoms with Gasteiger partial charge in [-0.1, -0.05) is 25.5 Å². The fourth-order valence-electron chi connectivity index (χ4n) is 1.19. The van der Waals surface area contributed by atoms with Crippen LogP contribution in [0, 0.1) is 0 Å². The van der Waals surface area contributed by atoms with E-state index >= 15 is 0 Å². The van der Waals surface area contributed by atoms with Gasteiger partial charge in [-0.3, -0.25) is 4.79 Å².